The summed E-state index contributed by atoms with van der Waals surface area (Å²) in [5, 5.41) is 1.94. The SMILES string of the molecule is Clc1ccccc1C(CBr)CC1CCCC1. The van der Waals surface area contributed by atoms with E-state index in [2.05, 4.69) is 28.1 Å². The van der Waals surface area contributed by atoms with Crippen molar-refractivity contribution in [2.24, 2.45) is 5.92 Å². The van der Waals surface area contributed by atoms with E-state index in [1.54, 1.807) is 0 Å². The molecule has 1 fully saturated rings. The third-order valence-corrected chi connectivity index (χ3v) is 4.75. The highest BCUT2D eigenvalue weighted by atomic mass is 79.9. The van der Waals surface area contributed by atoms with Crippen LogP contribution in [0.5, 0.6) is 0 Å². The molecule has 2 rings (SSSR count). The van der Waals surface area contributed by atoms with Crippen LogP contribution >= 0.6 is 27.5 Å². The van der Waals surface area contributed by atoms with Crippen LogP contribution in [0.2, 0.25) is 5.02 Å². The quantitative estimate of drug-likeness (QED) is 0.653. The van der Waals surface area contributed by atoms with Gasteiger partial charge in [-0.2, -0.15) is 0 Å². The summed E-state index contributed by atoms with van der Waals surface area (Å²) in [6.07, 6.45) is 6.95. The summed E-state index contributed by atoms with van der Waals surface area (Å²) in [5.41, 5.74) is 1.31. The standard InChI is InChI=1S/C14H18BrCl/c15-10-12(9-11-5-1-2-6-11)13-7-3-4-8-14(13)16/h3-4,7-8,11-12H,1-2,5-6,9-10H2. The molecule has 0 saturated heterocycles. The summed E-state index contributed by atoms with van der Waals surface area (Å²) in [6, 6.07) is 8.27. The van der Waals surface area contributed by atoms with Gasteiger partial charge in [-0.05, 0) is 29.9 Å². The van der Waals surface area contributed by atoms with E-state index in [1.807, 2.05) is 12.1 Å². The van der Waals surface area contributed by atoms with E-state index < -0.39 is 0 Å². The third-order valence-electron chi connectivity index (χ3n) is 3.62. The zero-order valence-corrected chi connectivity index (χ0v) is 11.8. The van der Waals surface area contributed by atoms with Crippen LogP contribution in [0.4, 0.5) is 0 Å². The molecule has 1 aliphatic carbocycles. The maximum absolute atomic E-state index is 6.26. The summed E-state index contributed by atoms with van der Waals surface area (Å²) < 4.78 is 0. The van der Waals surface area contributed by atoms with Gasteiger partial charge in [-0.1, -0.05) is 71.4 Å². The van der Waals surface area contributed by atoms with Crippen LogP contribution in [-0.4, -0.2) is 5.33 Å². The van der Waals surface area contributed by atoms with Gasteiger partial charge in [0.1, 0.15) is 0 Å². The molecule has 1 unspecified atom stereocenters. The highest BCUT2D eigenvalue weighted by Gasteiger charge is 2.21. The average molecular weight is 302 g/mol. The molecule has 1 aliphatic rings. The van der Waals surface area contributed by atoms with Gasteiger partial charge in [0.25, 0.3) is 0 Å². The van der Waals surface area contributed by atoms with E-state index in [4.69, 9.17) is 11.6 Å². The maximum Gasteiger partial charge on any atom is 0.0441 e. The first-order valence-corrected chi connectivity index (χ1v) is 7.61. The van der Waals surface area contributed by atoms with Crippen LogP contribution in [0, 0.1) is 5.92 Å². The van der Waals surface area contributed by atoms with Crippen molar-refractivity contribution in [2.75, 3.05) is 5.33 Å². The van der Waals surface area contributed by atoms with E-state index >= 15 is 0 Å². The van der Waals surface area contributed by atoms with Crippen molar-refractivity contribution in [1.82, 2.24) is 0 Å². The van der Waals surface area contributed by atoms with Gasteiger partial charge in [0.05, 0.1) is 0 Å². The minimum absolute atomic E-state index is 0.580. The summed E-state index contributed by atoms with van der Waals surface area (Å²) in [5.74, 6) is 1.50. The van der Waals surface area contributed by atoms with Gasteiger partial charge in [-0.25, -0.2) is 0 Å². The Balaban J connectivity index is 2.06. The molecule has 0 heterocycles. The Labute approximate surface area is 112 Å². The number of halogens is 2. The Morgan fingerprint density at radius 1 is 1.25 bits per heavy atom. The highest BCUT2D eigenvalue weighted by molar-refractivity contribution is 9.09. The normalized spacial score (nSPS) is 18.9. The van der Waals surface area contributed by atoms with Gasteiger partial charge in [-0.15, -0.1) is 0 Å². The first kappa shape index (κ1) is 12.4. The molecule has 1 aromatic carbocycles. The molecule has 0 spiro atoms. The van der Waals surface area contributed by atoms with Crippen molar-refractivity contribution < 1.29 is 0 Å². The summed E-state index contributed by atoms with van der Waals surface area (Å²) >= 11 is 9.90. The van der Waals surface area contributed by atoms with Crippen LogP contribution in [0.15, 0.2) is 24.3 Å². The Bertz CT molecular complexity index is 331. The van der Waals surface area contributed by atoms with Crippen molar-refractivity contribution >= 4 is 27.5 Å². The fourth-order valence-corrected chi connectivity index (χ4v) is 3.63. The Kier molecular flexibility index (Phi) is 4.72. The van der Waals surface area contributed by atoms with Crippen LogP contribution in [0.25, 0.3) is 0 Å². The Hall–Kier alpha value is -0.0100. The van der Waals surface area contributed by atoms with E-state index in [0.29, 0.717) is 5.92 Å². The lowest BCUT2D eigenvalue weighted by molar-refractivity contribution is 0.464. The molecule has 0 N–H and O–H groups in total. The smallest absolute Gasteiger partial charge is 0.0441 e. The van der Waals surface area contributed by atoms with E-state index in [0.717, 1.165) is 16.3 Å². The molecule has 1 saturated carbocycles. The van der Waals surface area contributed by atoms with E-state index in [9.17, 15) is 0 Å². The second kappa shape index (κ2) is 6.07. The zero-order chi connectivity index (χ0) is 11.4. The lowest BCUT2D eigenvalue weighted by Gasteiger charge is -2.19. The molecule has 1 atom stereocenters. The fourth-order valence-electron chi connectivity index (χ4n) is 2.73. The van der Waals surface area contributed by atoms with Crippen LogP contribution in [0.3, 0.4) is 0 Å². The minimum atomic E-state index is 0.580. The Morgan fingerprint density at radius 2 is 1.94 bits per heavy atom. The van der Waals surface area contributed by atoms with Gasteiger partial charge in [0.15, 0.2) is 0 Å². The zero-order valence-electron chi connectivity index (χ0n) is 9.46. The van der Waals surface area contributed by atoms with Crippen molar-refractivity contribution in [3.05, 3.63) is 34.9 Å². The number of benzene rings is 1. The second-order valence-corrected chi connectivity index (χ2v) is 5.81. The average Bonchev–Trinajstić information content (AvgIpc) is 2.80. The minimum Gasteiger partial charge on any atom is -0.0921 e. The number of alkyl halides is 1. The van der Waals surface area contributed by atoms with Crippen LogP contribution < -0.4 is 0 Å². The molecule has 0 radical (unpaired) electrons. The topological polar surface area (TPSA) is 0 Å². The first-order valence-electron chi connectivity index (χ1n) is 6.11. The number of hydrogen-bond donors (Lipinski definition) is 0. The molecule has 88 valence electrons. The Morgan fingerprint density at radius 3 is 2.56 bits per heavy atom. The molecular formula is C14H18BrCl. The lowest BCUT2D eigenvalue weighted by Crippen LogP contribution is -2.07. The van der Waals surface area contributed by atoms with E-state index in [1.165, 1.54) is 37.7 Å². The van der Waals surface area contributed by atoms with Crippen molar-refractivity contribution in [1.29, 1.82) is 0 Å². The molecule has 1 aromatic rings. The molecule has 0 amide bonds. The predicted molar refractivity (Wildman–Crippen MR) is 74.6 cm³/mol. The largest absolute Gasteiger partial charge is 0.0921 e. The fraction of sp³-hybridized carbons (Fsp3) is 0.571. The molecule has 0 aliphatic heterocycles. The molecule has 0 nitrogen and oxygen atoms in total. The monoisotopic (exact) mass is 300 g/mol. The van der Waals surface area contributed by atoms with Crippen LogP contribution in [-0.2, 0) is 0 Å². The maximum atomic E-state index is 6.26. The van der Waals surface area contributed by atoms with E-state index in [-0.39, 0.29) is 0 Å². The van der Waals surface area contributed by atoms with Crippen molar-refractivity contribution in [2.45, 2.75) is 38.0 Å². The molecule has 16 heavy (non-hydrogen) atoms. The van der Waals surface area contributed by atoms with Gasteiger partial charge in [-0.3, -0.25) is 0 Å². The summed E-state index contributed by atoms with van der Waals surface area (Å²) in [7, 11) is 0. The predicted octanol–water partition coefficient (Wildman–Crippen LogP) is 5.40. The van der Waals surface area contributed by atoms with Crippen LogP contribution in [0.1, 0.15) is 43.6 Å². The highest BCUT2D eigenvalue weighted by Crippen LogP contribution is 2.36. The lowest BCUT2D eigenvalue weighted by atomic mass is 9.89. The van der Waals surface area contributed by atoms with Gasteiger partial charge < -0.3 is 0 Å². The molecule has 0 bridgehead atoms. The number of rotatable bonds is 4. The number of hydrogen-bond acceptors (Lipinski definition) is 0. The molecule has 2 heteroatoms. The second-order valence-electron chi connectivity index (χ2n) is 4.76. The molecule has 0 aromatic heterocycles. The van der Waals surface area contributed by atoms with Crippen molar-refractivity contribution in [3.8, 4) is 0 Å². The van der Waals surface area contributed by atoms with Gasteiger partial charge in [0.2, 0.25) is 0 Å². The van der Waals surface area contributed by atoms with Gasteiger partial charge in [0, 0.05) is 10.4 Å². The summed E-state index contributed by atoms with van der Waals surface area (Å²) in [6.45, 7) is 0. The van der Waals surface area contributed by atoms with Gasteiger partial charge >= 0.3 is 0 Å². The third kappa shape index (κ3) is 3.01. The first-order chi connectivity index (χ1) is 7.81. The summed E-state index contributed by atoms with van der Waals surface area (Å²) in [4.78, 5) is 0. The van der Waals surface area contributed by atoms with Crippen molar-refractivity contribution in [3.63, 3.8) is 0 Å². The molecular weight excluding hydrogens is 284 g/mol.